The molecule has 9 heteroatoms. The number of aryl methyl sites for hydroxylation is 1. The number of amides is 1. The van der Waals surface area contributed by atoms with Gasteiger partial charge in [0.1, 0.15) is 11.6 Å². The smallest absolute Gasteiger partial charge is 0.247 e. The van der Waals surface area contributed by atoms with Crippen LogP contribution in [0.3, 0.4) is 0 Å². The Bertz CT molecular complexity index is 1290. The van der Waals surface area contributed by atoms with Crippen molar-refractivity contribution >= 4 is 12.0 Å². The number of carbonyl (C=O) groups is 1. The quantitative estimate of drug-likeness (QED) is 0.407. The Morgan fingerprint density at radius 3 is 2.81 bits per heavy atom. The molecule has 1 saturated heterocycles. The van der Waals surface area contributed by atoms with Crippen molar-refractivity contribution in [1.82, 2.24) is 30.1 Å². The van der Waals surface area contributed by atoms with Crippen molar-refractivity contribution < 1.29 is 14.6 Å². The second-order valence-corrected chi connectivity index (χ2v) is 9.67. The zero-order valence-electron chi connectivity index (χ0n) is 21.5. The van der Waals surface area contributed by atoms with Crippen LogP contribution in [0.2, 0.25) is 0 Å². The first-order valence-electron chi connectivity index (χ1n) is 12.8. The highest BCUT2D eigenvalue weighted by molar-refractivity contribution is 5.98. The number of phenols is 1. The molecule has 5 rings (SSSR count). The van der Waals surface area contributed by atoms with E-state index < -0.39 is 0 Å². The van der Waals surface area contributed by atoms with Gasteiger partial charge in [-0.1, -0.05) is 6.07 Å². The zero-order chi connectivity index (χ0) is 25.8. The number of aromatic hydroxyl groups is 1. The first kappa shape index (κ1) is 25.0. The van der Waals surface area contributed by atoms with Crippen LogP contribution in [0.5, 0.6) is 11.6 Å². The van der Waals surface area contributed by atoms with E-state index in [1.165, 1.54) is 0 Å². The molecule has 3 aromatic rings. The van der Waals surface area contributed by atoms with Crippen molar-refractivity contribution in [3.63, 3.8) is 0 Å². The van der Waals surface area contributed by atoms with E-state index in [1.54, 1.807) is 19.4 Å². The van der Waals surface area contributed by atoms with Gasteiger partial charge in [-0.05, 0) is 68.8 Å². The number of benzene rings is 1. The summed E-state index contributed by atoms with van der Waals surface area (Å²) in [6.45, 7) is 6.06. The number of carbonyl (C=O) groups excluding carboxylic acids is 1. The number of likely N-dealkylation sites (N-methyl/N-ethyl adjacent to an activating group) is 1. The van der Waals surface area contributed by atoms with Crippen molar-refractivity contribution in [3.05, 3.63) is 53.5 Å². The lowest BCUT2D eigenvalue weighted by Crippen LogP contribution is -2.45. The van der Waals surface area contributed by atoms with Crippen LogP contribution in [-0.4, -0.2) is 89.2 Å². The number of nitrogens with zero attached hydrogens (tertiary/aromatic N) is 4. The number of ether oxygens (including phenoxy) is 1. The van der Waals surface area contributed by atoms with Gasteiger partial charge in [0, 0.05) is 55.8 Å². The van der Waals surface area contributed by atoms with E-state index >= 15 is 0 Å². The fourth-order valence-electron chi connectivity index (χ4n) is 4.89. The molecule has 0 bridgehead atoms. The zero-order valence-corrected chi connectivity index (χ0v) is 21.5. The number of nitrogens with one attached hydrogen (secondary N) is 2. The molecule has 1 fully saturated rings. The minimum absolute atomic E-state index is 0.0258. The summed E-state index contributed by atoms with van der Waals surface area (Å²) >= 11 is 0. The maximum atomic E-state index is 12.8. The second-order valence-electron chi connectivity index (χ2n) is 9.67. The molecule has 2 aliphatic rings. The van der Waals surface area contributed by atoms with Gasteiger partial charge in [-0.25, -0.2) is 9.97 Å². The number of rotatable bonds is 8. The molecule has 0 atom stereocenters. The minimum Gasteiger partial charge on any atom is -0.507 e. The third-order valence-corrected chi connectivity index (χ3v) is 7.12. The largest absolute Gasteiger partial charge is 0.507 e. The monoisotopic (exact) mass is 502 g/mol. The van der Waals surface area contributed by atoms with Gasteiger partial charge in [-0.3, -0.25) is 4.79 Å². The first-order valence-corrected chi connectivity index (χ1v) is 12.8. The number of phenolic OH excluding ortho intramolecular Hbond substituents is 1. The van der Waals surface area contributed by atoms with Crippen LogP contribution in [0.25, 0.3) is 28.6 Å². The molecule has 3 N–H and O–H groups in total. The molecule has 0 saturated carbocycles. The minimum atomic E-state index is -0.0258. The predicted octanol–water partition coefficient (Wildman–Crippen LogP) is 2.94. The summed E-state index contributed by atoms with van der Waals surface area (Å²) in [7, 11) is 3.74. The number of aromatic amines is 1. The molecule has 1 aliphatic heterocycles. The van der Waals surface area contributed by atoms with Crippen LogP contribution >= 0.6 is 0 Å². The van der Waals surface area contributed by atoms with E-state index in [1.807, 2.05) is 30.3 Å². The molecule has 37 heavy (non-hydrogen) atoms. The molecule has 1 aliphatic carbocycles. The Labute approximate surface area is 217 Å². The summed E-state index contributed by atoms with van der Waals surface area (Å²) in [6, 6.07) is 9.12. The van der Waals surface area contributed by atoms with E-state index in [0.717, 1.165) is 67.2 Å². The first-order chi connectivity index (χ1) is 18.0. The highest BCUT2D eigenvalue weighted by Gasteiger charge is 2.21. The molecule has 2 aromatic heterocycles. The van der Waals surface area contributed by atoms with Gasteiger partial charge in [0.05, 0.1) is 18.4 Å². The topological polar surface area (TPSA) is 107 Å². The Hall–Kier alpha value is -3.69. The second kappa shape index (κ2) is 11.1. The summed E-state index contributed by atoms with van der Waals surface area (Å²) in [5.41, 5.74) is 4.72. The van der Waals surface area contributed by atoms with Gasteiger partial charge in [0.2, 0.25) is 11.8 Å². The van der Waals surface area contributed by atoms with Gasteiger partial charge in [0.15, 0.2) is 0 Å². The van der Waals surface area contributed by atoms with Crippen LogP contribution in [0.4, 0.5) is 0 Å². The molecule has 0 spiro atoms. The summed E-state index contributed by atoms with van der Waals surface area (Å²) in [5, 5.41) is 13.7. The van der Waals surface area contributed by atoms with Crippen molar-refractivity contribution in [2.75, 3.05) is 53.4 Å². The number of hydrogen-bond donors (Lipinski definition) is 3. The van der Waals surface area contributed by atoms with Gasteiger partial charge >= 0.3 is 0 Å². The van der Waals surface area contributed by atoms with Crippen molar-refractivity contribution in [1.29, 1.82) is 0 Å². The maximum Gasteiger partial charge on any atom is 0.247 e. The van der Waals surface area contributed by atoms with E-state index in [4.69, 9.17) is 9.72 Å². The van der Waals surface area contributed by atoms with Crippen molar-refractivity contribution in [3.8, 4) is 34.1 Å². The van der Waals surface area contributed by atoms with E-state index in [0.29, 0.717) is 36.7 Å². The Morgan fingerprint density at radius 2 is 2.00 bits per heavy atom. The average molecular weight is 503 g/mol. The lowest BCUT2D eigenvalue weighted by atomic mass is 9.99. The molecule has 1 amide bonds. The van der Waals surface area contributed by atoms with Crippen molar-refractivity contribution in [2.24, 2.45) is 0 Å². The van der Waals surface area contributed by atoms with E-state index in [2.05, 4.69) is 32.1 Å². The summed E-state index contributed by atoms with van der Waals surface area (Å²) in [5.74, 6) is 1.18. The molecule has 9 nitrogen and oxygen atoms in total. The standard InChI is InChI=1S/C28H34N6O3/c1-33-13-15-34(16-14-33)12-4-11-29-27(36)20-6-8-23-24(18-20)32-26(31-23)22-17-19(7-9-25(22)35)21-5-3-10-30-28(21)37-2/h3,5,7,9-10,17-18,35H,4,6,8,11-16H2,1-2H3,(H,29,36)(H,31,32). The number of methoxy groups -OCH3 is 1. The van der Waals surface area contributed by atoms with Crippen LogP contribution in [-0.2, 0) is 11.2 Å². The number of H-pyrrole nitrogens is 1. The van der Waals surface area contributed by atoms with Gasteiger partial charge in [0.25, 0.3) is 0 Å². The van der Waals surface area contributed by atoms with Crippen LogP contribution < -0.4 is 10.1 Å². The maximum absolute atomic E-state index is 12.8. The van der Waals surface area contributed by atoms with Gasteiger partial charge < -0.3 is 29.9 Å². The fourth-order valence-corrected chi connectivity index (χ4v) is 4.89. The molecular weight excluding hydrogens is 468 g/mol. The number of hydrogen-bond acceptors (Lipinski definition) is 7. The molecule has 0 radical (unpaired) electrons. The molecule has 3 heterocycles. The molecule has 1 aromatic carbocycles. The number of piperazine rings is 1. The van der Waals surface area contributed by atoms with Crippen LogP contribution in [0, 0.1) is 0 Å². The average Bonchev–Trinajstić information content (AvgIpc) is 3.35. The number of fused-ring (bicyclic) bond motifs is 1. The highest BCUT2D eigenvalue weighted by Crippen LogP contribution is 2.36. The van der Waals surface area contributed by atoms with Crippen LogP contribution in [0.1, 0.15) is 24.2 Å². The molecule has 0 unspecified atom stereocenters. The fraction of sp³-hybridized carbons (Fsp3) is 0.393. The summed E-state index contributed by atoms with van der Waals surface area (Å²) < 4.78 is 5.40. The number of aromatic nitrogens is 3. The number of pyridine rings is 1. The Kier molecular flexibility index (Phi) is 7.52. The normalized spacial score (nSPS) is 16.2. The van der Waals surface area contributed by atoms with E-state index in [-0.39, 0.29) is 11.7 Å². The van der Waals surface area contributed by atoms with Gasteiger partial charge in [-0.2, -0.15) is 0 Å². The van der Waals surface area contributed by atoms with Crippen molar-refractivity contribution in [2.45, 2.75) is 19.3 Å². The number of imidazole rings is 1. The molecule has 194 valence electrons. The summed E-state index contributed by atoms with van der Waals surface area (Å²) in [4.78, 5) is 29.9. The third-order valence-electron chi connectivity index (χ3n) is 7.12. The van der Waals surface area contributed by atoms with E-state index in [9.17, 15) is 9.90 Å². The lowest BCUT2D eigenvalue weighted by molar-refractivity contribution is -0.117. The van der Waals surface area contributed by atoms with Gasteiger partial charge in [-0.15, -0.1) is 0 Å². The highest BCUT2D eigenvalue weighted by atomic mass is 16.5. The lowest BCUT2D eigenvalue weighted by Gasteiger charge is -2.32. The van der Waals surface area contributed by atoms with Crippen LogP contribution in [0.15, 0.2) is 42.1 Å². The summed E-state index contributed by atoms with van der Waals surface area (Å²) in [6.07, 6.45) is 5.83. The predicted molar refractivity (Wildman–Crippen MR) is 143 cm³/mol. The third kappa shape index (κ3) is 5.68. The SMILES string of the molecule is COc1ncccc1-c1ccc(O)c(-c2nc3c([nH]2)CCC(C(=O)NCCCN2CCN(C)CC2)=C3)c1. The Morgan fingerprint density at radius 1 is 1.16 bits per heavy atom. The molecular formula is C28H34N6O3. The Balaban J connectivity index is 1.25.